The standard InChI is InChI=1S/C15H21FN4O3/c1-22-14-3-2-12(17-18-14)10-20-9-11(16)8-13(20)15(21)19-4-6-23-7-5-19/h2-3,11,13H,4-10H2,1H3/t11-,13+/m1/s1. The van der Waals surface area contributed by atoms with E-state index in [9.17, 15) is 9.18 Å². The van der Waals surface area contributed by atoms with Crippen molar-refractivity contribution >= 4 is 5.91 Å². The van der Waals surface area contributed by atoms with E-state index in [2.05, 4.69) is 10.2 Å². The summed E-state index contributed by atoms with van der Waals surface area (Å²) < 4.78 is 24.1. The number of hydrogen-bond donors (Lipinski definition) is 0. The lowest BCUT2D eigenvalue weighted by atomic mass is 10.1. The Morgan fingerprint density at radius 3 is 2.83 bits per heavy atom. The first-order valence-corrected chi connectivity index (χ1v) is 7.78. The van der Waals surface area contributed by atoms with Crippen molar-refractivity contribution in [3.05, 3.63) is 17.8 Å². The van der Waals surface area contributed by atoms with E-state index in [1.54, 1.807) is 17.0 Å². The van der Waals surface area contributed by atoms with Crippen LogP contribution >= 0.6 is 0 Å². The second-order valence-electron chi connectivity index (χ2n) is 5.78. The summed E-state index contributed by atoms with van der Waals surface area (Å²) in [5, 5.41) is 7.97. The highest BCUT2D eigenvalue weighted by Crippen LogP contribution is 2.24. The molecule has 0 bridgehead atoms. The second kappa shape index (κ2) is 7.18. The molecule has 2 saturated heterocycles. The minimum Gasteiger partial charge on any atom is -0.480 e. The van der Waals surface area contributed by atoms with Crippen LogP contribution in [-0.4, -0.2) is 78.1 Å². The van der Waals surface area contributed by atoms with E-state index in [-0.39, 0.29) is 18.9 Å². The smallest absolute Gasteiger partial charge is 0.240 e. The number of nitrogens with zero attached hydrogens (tertiary/aromatic N) is 4. The summed E-state index contributed by atoms with van der Waals surface area (Å²) in [6.45, 7) is 2.88. The lowest BCUT2D eigenvalue weighted by molar-refractivity contribution is -0.140. The number of morpholine rings is 1. The van der Waals surface area contributed by atoms with E-state index in [0.29, 0.717) is 44.4 Å². The minimum absolute atomic E-state index is 0.0186. The summed E-state index contributed by atoms with van der Waals surface area (Å²) in [4.78, 5) is 16.3. The van der Waals surface area contributed by atoms with E-state index in [1.165, 1.54) is 7.11 Å². The van der Waals surface area contributed by atoms with E-state index in [4.69, 9.17) is 9.47 Å². The van der Waals surface area contributed by atoms with Crippen LogP contribution in [0.4, 0.5) is 4.39 Å². The van der Waals surface area contributed by atoms with Crippen LogP contribution in [0.25, 0.3) is 0 Å². The van der Waals surface area contributed by atoms with Crippen molar-refractivity contribution in [2.24, 2.45) is 0 Å². The topological polar surface area (TPSA) is 67.8 Å². The van der Waals surface area contributed by atoms with Crippen LogP contribution in [0, 0.1) is 0 Å². The third-order valence-corrected chi connectivity index (χ3v) is 4.23. The van der Waals surface area contributed by atoms with Crippen molar-refractivity contribution in [1.29, 1.82) is 0 Å². The summed E-state index contributed by atoms with van der Waals surface area (Å²) >= 11 is 0. The molecule has 0 spiro atoms. The summed E-state index contributed by atoms with van der Waals surface area (Å²) in [5.74, 6) is 0.411. The maximum atomic E-state index is 13.9. The van der Waals surface area contributed by atoms with Gasteiger partial charge in [-0.05, 0) is 6.07 Å². The largest absolute Gasteiger partial charge is 0.480 e. The van der Waals surface area contributed by atoms with Crippen LogP contribution in [0.1, 0.15) is 12.1 Å². The zero-order valence-electron chi connectivity index (χ0n) is 13.2. The van der Waals surface area contributed by atoms with Gasteiger partial charge in [0.1, 0.15) is 6.17 Å². The summed E-state index contributed by atoms with van der Waals surface area (Å²) in [7, 11) is 1.52. The van der Waals surface area contributed by atoms with Gasteiger partial charge in [-0.1, -0.05) is 0 Å². The number of amides is 1. The predicted octanol–water partition coefficient (Wildman–Crippen LogP) is 0.256. The number of hydrogen-bond acceptors (Lipinski definition) is 6. The van der Waals surface area contributed by atoms with Crippen LogP contribution in [0.15, 0.2) is 12.1 Å². The van der Waals surface area contributed by atoms with Gasteiger partial charge in [-0.15, -0.1) is 5.10 Å². The van der Waals surface area contributed by atoms with Crippen molar-refractivity contribution in [3.63, 3.8) is 0 Å². The first-order chi connectivity index (χ1) is 11.2. The highest BCUT2D eigenvalue weighted by atomic mass is 19.1. The Kier molecular flexibility index (Phi) is 5.02. The molecule has 0 radical (unpaired) electrons. The Bertz CT molecular complexity index is 536. The molecule has 23 heavy (non-hydrogen) atoms. The fraction of sp³-hybridized carbons (Fsp3) is 0.667. The van der Waals surface area contributed by atoms with E-state index >= 15 is 0 Å². The Morgan fingerprint density at radius 2 is 2.17 bits per heavy atom. The number of ether oxygens (including phenoxy) is 2. The first-order valence-electron chi connectivity index (χ1n) is 7.78. The number of carbonyl (C=O) groups excluding carboxylic acids is 1. The molecule has 2 fully saturated rings. The molecule has 7 nitrogen and oxygen atoms in total. The van der Waals surface area contributed by atoms with Gasteiger partial charge in [0.05, 0.1) is 32.1 Å². The summed E-state index contributed by atoms with van der Waals surface area (Å²) in [6.07, 6.45) is -0.754. The van der Waals surface area contributed by atoms with Gasteiger partial charge < -0.3 is 14.4 Å². The average Bonchev–Trinajstić information content (AvgIpc) is 2.96. The molecule has 2 aliphatic rings. The quantitative estimate of drug-likeness (QED) is 0.791. The zero-order chi connectivity index (χ0) is 16.2. The monoisotopic (exact) mass is 324 g/mol. The maximum Gasteiger partial charge on any atom is 0.240 e. The molecule has 1 amide bonds. The highest BCUT2D eigenvalue weighted by molar-refractivity contribution is 5.82. The van der Waals surface area contributed by atoms with Crippen LogP contribution < -0.4 is 4.74 Å². The molecule has 3 heterocycles. The third kappa shape index (κ3) is 3.76. The normalized spacial score (nSPS) is 25.6. The molecule has 8 heteroatoms. The fourth-order valence-corrected chi connectivity index (χ4v) is 3.02. The van der Waals surface area contributed by atoms with Crippen molar-refractivity contribution in [2.45, 2.75) is 25.2 Å². The number of alkyl halides is 1. The fourth-order valence-electron chi connectivity index (χ4n) is 3.02. The third-order valence-electron chi connectivity index (χ3n) is 4.23. The van der Waals surface area contributed by atoms with Gasteiger partial charge in [-0.25, -0.2) is 4.39 Å². The molecule has 1 aromatic rings. The number of halogens is 1. The van der Waals surface area contributed by atoms with Crippen molar-refractivity contribution in [2.75, 3.05) is 40.0 Å². The Labute approximate surface area is 134 Å². The summed E-state index contributed by atoms with van der Waals surface area (Å²) in [6, 6.07) is 3.06. The molecule has 2 aliphatic heterocycles. The van der Waals surface area contributed by atoms with Crippen LogP contribution in [0.3, 0.4) is 0 Å². The predicted molar refractivity (Wildman–Crippen MR) is 79.7 cm³/mol. The van der Waals surface area contributed by atoms with Gasteiger partial charge in [-0.2, -0.15) is 5.10 Å². The lowest BCUT2D eigenvalue weighted by Gasteiger charge is -2.32. The van der Waals surface area contributed by atoms with Gasteiger partial charge in [0.25, 0.3) is 0 Å². The van der Waals surface area contributed by atoms with Gasteiger partial charge in [0.2, 0.25) is 11.8 Å². The Balaban J connectivity index is 1.67. The molecule has 1 aromatic heterocycles. The van der Waals surface area contributed by atoms with E-state index in [1.807, 2.05) is 4.90 Å². The number of methoxy groups -OCH3 is 1. The van der Waals surface area contributed by atoms with E-state index in [0.717, 1.165) is 0 Å². The van der Waals surface area contributed by atoms with Gasteiger partial charge in [0, 0.05) is 38.7 Å². The molecule has 0 aliphatic carbocycles. The molecule has 0 aromatic carbocycles. The second-order valence-corrected chi connectivity index (χ2v) is 5.78. The minimum atomic E-state index is -0.990. The number of aromatic nitrogens is 2. The number of rotatable bonds is 4. The molecule has 0 unspecified atom stereocenters. The molecule has 0 saturated carbocycles. The number of likely N-dealkylation sites (tertiary alicyclic amines) is 1. The van der Waals surface area contributed by atoms with Crippen molar-refractivity contribution in [1.82, 2.24) is 20.0 Å². The maximum absolute atomic E-state index is 13.9. The molecular formula is C15H21FN4O3. The van der Waals surface area contributed by atoms with Crippen LogP contribution in [-0.2, 0) is 16.1 Å². The molecule has 126 valence electrons. The van der Waals surface area contributed by atoms with Crippen molar-refractivity contribution in [3.8, 4) is 5.88 Å². The van der Waals surface area contributed by atoms with Crippen LogP contribution in [0.2, 0.25) is 0 Å². The van der Waals surface area contributed by atoms with E-state index < -0.39 is 12.2 Å². The molecule has 2 atom stereocenters. The van der Waals surface area contributed by atoms with Gasteiger partial charge in [0.15, 0.2) is 0 Å². The summed E-state index contributed by atoms with van der Waals surface area (Å²) in [5.41, 5.74) is 0.694. The zero-order valence-corrected chi connectivity index (χ0v) is 13.2. The SMILES string of the molecule is COc1ccc(CN2C[C@H](F)C[C@H]2C(=O)N2CCOCC2)nn1. The van der Waals surface area contributed by atoms with Gasteiger partial charge in [-0.3, -0.25) is 9.69 Å². The number of carbonyl (C=O) groups is 1. The Hall–Kier alpha value is -1.80. The lowest BCUT2D eigenvalue weighted by Crippen LogP contribution is -2.49. The van der Waals surface area contributed by atoms with Crippen molar-refractivity contribution < 1.29 is 18.7 Å². The Morgan fingerprint density at radius 1 is 1.39 bits per heavy atom. The molecular weight excluding hydrogens is 303 g/mol. The average molecular weight is 324 g/mol. The van der Waals surface area contributed by atoms with Gasteiger partial charge >= 0.3 is 0 Å². The molecule has 3 rings (SSSR count). The molecule has 0 N–H and O–H groups in total. The highest BCUT2D eigenvalue weighted by Gasteiger charge is 2.39. The first kappa shape index (κ1) is 16.1. The van der Waals surface area contributed by atoms with Crippen LogP contribution in [0.5, 0.6) is 5.88 Å².